The van der Waals surface area contributed by atoms with E-state index in [9.17, 15) is 0 Å². The van der Waals surface area contributed by atoms with Gasteiger partial charge in [-0.15, -0.1) is 0 Å². The minimum absolute atomic E-state index is 0.0947. The van der Waals surface area contributed by atoms with Crippen LogP contribution in [0.25, 0.3) is 0 Å². The molecule has 0 radical (unpaired) electrons. The second kappa shape index (κ2) is 5.89. The van der Waals surface area contributed by atoms with Crippen LogP contribution in [0, 0.1) is 6.92 Å². The van der Waals surface area contributed by atoms with E-state index in [1.54, 1.807) is 10.9 Å². The SMILES string of the molecule is Cc1cc(CNc2cnn(CCO)c2)ccc1Cl. The lowest BCUT2D eigenvalue weighted by molar-refractivity contribution is 0.269. The molecule has 0 saturated carbocycles. The first kappa shape index (κ1) is 12.9. The van der Waals surface area contributed by atoms with E-state index in [1.165, 1.54) is 5.56 Å². The summed E-state index contributed by atoms with van der Waals surface area (Å²) in [6, 6.07) is 5.97. The van der Waals surface area contributed by atoms with Crippen molar-refractivity contribution in [3.8, 4) is 0 Å². The third-order valence-electron chi connectivity index (χ3n) is 2.68. The summed E-state index contributed by atoms with van der Waals surface area (Å²) in [5.41, 5.74) is 3.19. The number of benzene rings is 1. The first-order valence-electron chi connectivity index (χ1n) is 5.81. The number of anilines is 1. The lowest BCUT2D eigenvalue weighted by Gasteiger charge is -2.05. The van der Waals surface area contributed by atoms with E-state index in [0.717, 1.165) is 22.8 Å². The molecule has 2 rings (SSSR count). The van der Waals surface area contributed by atoms with Crippen molar-refractivity contribution < 1.29 is 5.11 Å². The maximum Gasteiger partial charge on any atom is 0.0729 e. The Morgan fingerprint density at radius 3 is 3.00 bits per heavy atom. The fourth-order valence-corrected chi connectivity index (χ4v) is 1.82. The molecule has 0 aliphatic heterocycles. The van der Waals surface area contributed by atoms with E-state index in [-0.39, 0.29) is 6.61 Å². The summed E-state index contributed by atoms with van der Waals surface area (Å²) in [5, 5.41) is 17.0. The van der Waals surface area contributed by atoms with Gasteiger partial charge in [-0.25, -0.2) is 0 Å². The molecule has 18 heavy (non-hydrogen) atoms. The number of aryl methyl sites for hydroxylation is 1. The van der Waals surface area contributed by atoms with Gasteiger partial charge in [0.1, 0.15) is 0 Å². The molecule has 2 aromatic rings. The maximum absolute atomic E-state index is 8.80. The van der Waals surface area contributed by atoms with Gasteiger partial charge in [-0.1, -0.05) is 23.7 Å². The lowest BCUT2D eigenvalue weighted by Crippen LogP contribution is -2.02. The largest absolute Gasteiger partial charge is 0.394 e. The highest BCUT2D eigenvalue weighted by molar-refractivity contribution is 6.31. The smallest absolute Gasteiger partial charge is 0.0729 e. The van der Waals surface area contributed by atoms with Crippen molar-refractivity contribution in [1.29, 1.82) is 0 Å². The Balaban J connectivity index is 1.95. The molecule has 0 aliphatic carbocycles. The van der Waals surface area contributed by atoms with E-state index >= 15 is 0 Å². The molecule has 0 saturated heterocycles. The Hall–Kier alpha value is -1.52. The monoisotopic (exact) mass is 265 g/mol. The van der Waals surface area contributed by atoms with Gasteiger partial charge in [0, 0.05) is 17.8 Å². The summed E-state index contributed by atoms with van der Waals surface area (Å²) in [5.74, 6) is 0. The molecule has 0 amide bonds. The highest BCUT2D eigenvalue weighted by Gasteiger charge is 2.00. The minimum Gasteiger partial charge on any atom is -0.394 e. The Morgan fingerprint density at radius 1 is 1.44 bits per heavy atom. The number of aromatic nitrogens is 2. The molecule has 0 bridgehead atoms. The van der Waals surface area contributed by atoms with Crippen LogP contribution in [-0.2, 0) is 13.1 Å². The number of aliphatic hydroxyl groups is 1. The minimum atomic E-state index is 0.0947. The van der Waals surface area contributed by atoms with Gasteiger partial charge in [-0.05, 0) is 24.1 Å². The molecule has 0 unspecified atom stereocenters. The standard InChI is InChI=1S/C13H16ClN3O/c1-10-6-11(2-3-13(10)14)7-15-12-8-16-17(9-12)4-5-18/h2-3,6,8-9,15,18H,4-5,7H2,1H3. The van der Waals surface area contributed by atoms with Crippen molar-refractivity contribution in [2.24, 2.45) is 0 Å². The van der Waals surface area contributed by atoms with Crippen molar-refractivity contribution in [2.75, 3.05) is 11.9 Å². The number of hydrogen-bond donors (Lipinski definition) is 2. The number of rotatable bonds is 5. The van der Waals surface area contributed by atoms with Gasteiger partial charge in [0.15, 0.2) is 0 Å². The third kappa shape index (κ3) is 3.24. The molecule has 4 nitrogen and oxygen atoms in total. The van der Waals surface area contributed by atoms with Gasteiger partial charge in [0.05, 0.1) is 25.0 Å². The summed E-state index contributed by atoms with van der Waals surface area (Å²) in [6.45, 7) is 3.33. The molecular weight excluding hydrogens is 250 g/mol. The number of aliphatic hydroxyl groups excluding tert-OH is 1. The van der Waals surface area contributed by atoms with Gasteiger partial charge in [0.25, 0.3) is 0 Å². The van der Waals surface area contributed by atoms with Crippen LogP contribution in [0.2, 0.25) is 5.02 Å². The summed E-state index contributed by atoms with van der Waals surface area (Å²) in [7, 11) is 0. The third-order valence-corrected chi connectivity index (χ3v) is 3.11. The second-order valence-electron chi connectivity index (χ2n) is 4.15. The number of halogens is 1. The molecule has 0 spiro atoms. The van der Waals surface area contributed by atoms with Crippen LogP contribution in [0.15, 0.2) is 30.6 Å². The average molecular weight is 266 g/mol. The molecule has 5 heteroatoms. The fourth-order valence-electron chi connectivity index (χ4n) is 1.70. The predicted molar refractivity (Wildman–Crippen MR) is 72.8 cm³/mol. The van der Waals surface area contributed by atoms with E-state index in [1.807, 2.05) is 25.3 Å². The highest BCUT2D eigenvalue weighted by atomic mass is 35.5. The lowest BCUT2D eigenvalue weighted by atomic mass is 10.1. The van der Waals surface area contributed by atoms with Crippen LogP contribution in [0.5, 0.6) is 0 Å². The van der Waals surface area contributed by atoms with Crippen molar-refractivity contribution >= 4 is 17.3 Å². The summed E-state index contributed by atoms with van der Waals surface area (Å²) in [4.78, 5) is 0. The Morgan fingerprint density at radius 2 is 2.28 bits per heavy atom. The molecule has 0 atom stereocenters. The zero-order valence-corrected chi connectivity index (χ0v) is 11.0. The van der Waals surface area contributed by atoms with Crippen LogP contribution in [-0.4, -0.2) is 21.5 Å². The quantitative estimate of drug-likeness (QED) is 0.873. The van der Waals surface area contributed by atoms with Crippen LogP contribution >= 0.6 is 11.6 Å². The van der Waals surface area contributed by atoms with E-state index in [2.05, 4.69) is 16.5 Å². The Labute approximate surface area is 111 Å². The summed E-state index contributed by atoms with van der Waals surface area (Å²) < 4.78 is 1.70. The van der Waals surface area contributed by atoms with E-state index in [4.69, 9.17) is 16.7 Å². The fraction of sp³-hybridized carbons (Fsp3) is 0.308. The number of hydrogen-bond acceptors (Lipinski definition) is 3. The maximum atomic E-state index is 8.80. The molecule has 96 valence electrons. The van der Waals surface area contributed by atoms with Crippen LogP contribution < -0.4 is 5.32 Å². The predicted octanol–water partition coefficient (Wildman–Crippen LogP) is 2.45. The van der Waals surface area contributed by atoms with E-state index in [0.29, 0.717) is 6.54 Å². The summed E-state index contributed by atoms with van der Waals surface area (Å²) >= 11 is 5.98. The average Bonchev–Trinajstić information content (AvgIpc) is 2.79. The second-order valence-corrected chi connectivity index (χ2v) is 4.56. The van der Waals surface area contributed by atoms with Crippen molar-refractivity contribution in [3.63, 3.8) is 0 Å². The van der Waals surface area contributed by atoms with Gasteiger partial charge in [-0.2, -0.15) is 5.10 Å². The van der Waals surface area contributed by atoms with Gasteiger partial charge < -0.3 is 10.4 Å². The van der Waals surface area contributed by atoms with Gasteiger partial charge in [-0.3, -0.25) is 4.68 Å². The molecular formula is C13H16ClN3O. The molecule has 0 aliphatic rings. The van der Waals surface area contributed by atoms with Crippen molar-refractivity contribution in [2.45, 2.75) is 20.0 Å². The highest BCUT2D eigenvalue weighted by Crippen LogP contribution is 2.17. The van der Waals surface area contributed by atoms with Crippen LogP contribution in [0.4, 0.5) is 5.69 Å². The topological polar surface area (TPSA) is 50.1 Å². The Bertz CT molecular complexity index is 525. The van der Waals surface area contributed by atoms with Gasteiger partial charge in [0.2, 0.25) is 0 Å². The number of nitrogens with zero attached hydrogens (tertiary/aromatic N) is 2. The zero-order chi connectivity index (χ0) is 13.0. The van der Waals surface area contributed by atoms with Crippen LogP contribution in [0.1, 0.15) is 11.1 Å². The molecule has 1 aromatic heterocycles. The molecule has 0 fully saturated rings. The zero-order valence-electron chi connectivity index (χ0n) is 10.2. The van der Waals surface area contributed by atoms with Crippen LogP contribution in [0.3, 0.4) is 0 Å². The van der Waals surface area contributed by atoms with Crippen molar-refractivity contribution in [1.82, 2.24) is 9.78 Å². The normalized spacial score (nSPS) is 10.6. The van der Waals surface area contributed by atoms with Crippen molar-refractivity contribution in [3.05, 3.63) is 46.7 Å². The summed E-state index contributed by atoms with van der Waals surface area (Å²) in [6.07, 6.45) is 3.62. The number of nitrogens with one attached hydrogen (secondary N) is 1. The molecule has 1 aromatic carbocycles. The Kier molecular flexibility index (Phi) is 4.23. The first-order valence-corrected chi connectivity index (χ1v) is 6.19. The molecule has 2 N–H and O–H groups in total. The van der Waals surface area contributed by atoms with E-state index < -0.39 is 0 Å². The van der Waals surface area contributed by atoms with Gasteiger partial charge >= 0.3 is 0 Å². The first-order chi connectivity index (χ1) is 8.69. The molecule has 1 heterocycles.